The van der Waals surface area contributed by atoms with E-state index in [-0.39, 0.29) is 29.0 Å². The quantitative estimate of drug-likeness (QED) is 0.117. The van der Waals surface area contributed by atoms with E-state index in [2.05, 4.69) is 20.1 Å². The molecule has 0 aliphatic carbocycles. The second-order valence-corrected chi connectivity index (χ2v) is 15.0. The Kier molecular flexibility index (Phi) is 12.9. The van der Waals surface area contributed by atoms with E-state index < -0.39 is 0 Å². The van der Waals surface area contributed by atoms with Crippen molar-refractivity contribution >= 4 is 29.2 Å². The zero-order chi connectivity index (χ0) is 39.9. The number of ether oxygens (including phenoxy) is 3. The van der Waals surface area contributed by atoms with Gasteiger partial charge in [-0.1, -0.05) is 12.1 Å². The predicted octanol–water partition coefficient (Wildman–Crippen LogP) is 4.51. The maximum Gasteiger partial charge on any atom is 0.265 e. The van der Waals surface area contributed by atoms with Gasteiger partial charge in [0.1, 0.15) is 40.5 Å². The standard InChI is InChI=1S/C42H49N7O6S/c1-27-28(2)41(51)46(4)24-34(27)30-20-37(53-5)35(38(21-30)54-6)25-47-14-16-48(17-15-47)26-39(50)44-11-18-55-36-9-7-8-32-29(3)49(13-10-33(32)36)42(52)31(23-43)22-40-45-12-19-56-40/h7-9,12,19-22,24,29H,10-11,13-18,25-26H2,1-6H3,(H,44,50)/b31-22-. The number of aryl methyl sites for hydroxylation is 1. The number of amides is 2. The molecule has 0 spiro atoms. The minimum atomic E-state index is -0.313. The van der Waals surface area contributed by atoms with E-state index in [0.29, 0.717) is 49.8 Å². The Balaban J connectivity index is 0.975. The van der Waals surface area contributed by atoms with Crippen LogP contribution in [0.1, 0.15) is 45.8 Å². The highest BCUT2D eigenvalue weighted by Gasteiger charge is 2.31. The van der Waals surface area contributed by atoms with Gasteiger partial charge in [0, 0.05) is 80.8 Å². The van der Waals surface area contributed by atoms with Crippen LogP contribution in [0.4, 0.5) is 0 Å². The number of thiazole rings is 1. The van der Waals surface area contributed by atoms with Gasteiger partial charge in [-0.3, -0.25) is 24.2 Å². The summed E-state index contributed by atoms with van der Waals surface area (Å²) in [7, 11) is 5.08. The smallest absolute Gasteiger partial charge is 0.265 e. The van der Waals surface area contributed by atoms with Gasteiger partial charge in [0.05, 0.1) is 38.9 Å². The summed E-state index contributed by atoms with van der Waals surface area (Å²) in [5.74, 6) is 1.82. The summed E-state index contributed by atoms with van der Waals surface area (Å²) in [5, 5.41) is 15.1. The van der Waals surface area contributed by atoms with E-state index in [9.17, 15) is 19.6 Å². The number of rotatable bonds is 13. The van der Waals surface area contributed by atoms with Gasteiger partial charge in [0.2, 0.25) is 5.91 Å². The Morgan fingerprint density at radius 1 is 1.04 bits per heavy atom. The number of benzene rings is 2. The van der Waals surface area contributed by atoms with Crippen molar-refractivity contribution in [1.29, 1.82) is 5.26 Å². The molecule has 2 aromatic heterocycles. The number of carbonyl (C=O) groups is 2. The lowest BCUT2D eigenvalue weighted by Crippen LogP contribution is -2.49. The fraction of sp³-hybridized carbons (Fsp3) is 0.405. The maximum absolute atomic E-state index is 13.3. The van der Waals surface area contributed by atoms with Crippen molar-refractivity contribution in [1.82, 2.24) is 29.6 Å². The Morgan fingerprint density at radius 2 is 1.75 bits per heavy atom. The van der Waals surface area contributed by atoms with E-state index >= 15 is 0 Å². The molecule has 2 aliphatic heterocycles. The zero-order valence-electron chi connectivity index (χ0n) is 32.9. The van der Waals surface area contributed by atoms with Gasteiger partial charge in [-0.15, -0.1) is 11.3 Å². The van der Waals surface area contributed by atoms with Crippen molar-refractivity contribution in [3.8, 4) is 34.4 Å². The van der Waals surface area contributed by atoms with Crippen molar-refractivity contribution in [2.24, 2.45) is 7.05 Å². The molecule has 1 saturated heterocycles. The molecule has 1 atom stereocenters. The van der Waals surface area contributed by atoms with Gasteiger partial charge >= 0.3 is 0 Å². The second kappa shape index (κ2) is 18.0. The molecule has 2 aromatic carbocycles. The number of nitrogens with zero attached hydrogens (tertiary/aromatic N) is 6. The number of pyridine rings is 1. The lowest BCUT2D eigenvalue weighted by Gasteiger charge is -2.36. The van der Waals surface area contributed by atoms with Crippen LogP contribution in [0.25, 0.3) is 17.2 Å². The summed E-state index contributed by atoms with van der Waals surface area (Å²) >= 11 is 1.38. The first-order valence-electron chi connectivity index (χ1n) is 18.7. The van der Waals surface area contributed by atoms with Crippen molar-refractivity contribution in [3.05, 3.63) is 96.9 Å². The summed E-state index contributed by atoms with van der Waals surface area (Å²) in [6.45, 7) is 10.9. The van der Waals surface area contributed by atoms with Crippen molar-refractivity contribution in [3.63, 3.8) is 0 Å². The average molecular weight is 780 g/mol. The van der Waals surface area contributed by atoms with E-state index in [4.69, 9.17) is 14.2 Å². The van der Waals surface area contributed by atoms with Gasteiger partial charge in [0.15, 0.2) is 0 Å². The van der Waals surface area contributed by atoms with E-state index in [1.807, 2.05) is 63.4 Å². The number of fused-ring (bicyclic) bond motifs is 1. The van der Waals surface area contributed by atoms with E-state index in [1.165, 1.54) is 11.3 Å². The first-order valence-corrected chi connectivity index (χ1v) is 19.6. The molecule has 4 aromatic rings. The fourth-order valence-corrected chi connectivity index (χ4v) is 8.04. The summed E-state index contributed by atoms with van der Waals surface area (Å²) in [6, 6.07) is 11.6. The molecule has 1 unspecified atom stereocenters. The SMILES string of the molecule is COc1cc(-c2cn(C)c(=O)c(C)c2C)cc(OC)c1CN1CCN(CC(=O)NCCOc2cccc3c2CCN(C(=O)/C(C#N)=C\c2nccs2)C3C)CC1. The van der Waals surface area contributed by atoms with Gasteiger partial charge in [-0.05, 0) is 68.2 Å². The average Bonchev–Trinajstić information content (AvgIpc) is 3.73. The van der Waals surface area contributed by atoms with Crippen LogP contribution in [0.3, 0.4) is 0 Å². The highest BCUT2D eigenvalue weighted by atomic mass is 32.1. The Hall–Kier alpha value is -5.49. The van der Waals surface area contributed by atoms with Gasteiger partial charge in [0.25, 0.3) is 11.5 Å². The molecule has 2 amide bonds. The van der Waals surface area contributed by atoms with Crippen LogP contribution in [0, 0.1) is 25.2 Å². The molecule has 56 heavy (non-hydrogen) atoms. The molecule has 14 heteroatoms. The second-order valence-electron chi connectivity index (χ2n) is 14.1. The fourth-order valence-electron chi connectivity index (χ4n) is 7.48. The Bertz CT molecular complexity index is 2180. The highest BCUT2D eigenvalue weighted by Crippen LogP contribution is 2.38. The normalized spacial score (nSPS) is 16.2. The molecule has 13 nitrogen and oxygen atoms in total. The van der Waals surface area contributed by atoms with Crippen molar-refractivity contribution < 1.29 is 23.8 Å². The summed E-state index contributed by atoms with van der Waals surface area (Å²) in [4.78, 5) is 49.1. The monoisotopic (exact) mass is 779 g/mol. The molecule has 0 bridgehead atoms. The molecular weight excluding hydrogens is 731 g/mol. The number of piperazine rings is 1. The van der Waals surface area contributed by atoms with Crippen LogP contribution < -0.4 is 25.1 Å². The van der Waals surface area contributed by atoms with Crippen LogP contribution in [0.2, 0.25) is 0 Å². The Morgan fingerprint density at radius 3 is 2.41 bits per heavy atom. The number of nitriles is 1. The van der Waals surface area contributed by atoms with Crippen molar-refractivity contribution in [2.45, 2.75) is 39.8 Å². The first-order chi connectivity index (χ1) is 27.0. The molecule has 6 rings (SSSR count). The number of nitrogens with one attached hydrogen (secondary N) is 1. The lowest BCUT2D eigenvalue weighted by molar-refractivity contribution is -0.129. The molecule has 2 aliphatic rings. The van der Waals surface area contributed by atoms with Crippen LogP contribution in [-0.2, 0) is 29.6 Å². The van der Waals surface area contributed by atoms with Gasteiger partial charge in [-0.2, -0.15) is 5.26 Å². The van der Waals surface area contributed by atoms with Crippen LogP contribution in [0.5, 0.6) is 17.2 Å². The third-order valence-corrected chi connectivity index (χ3v) is 11.5. The first kappa shape index (κ1) is 40.2. The van der Waals surface area contributed by atoms with Crippen LogP contribution in [-0.4, -0.2) is 103 Å². The third kappa shape index (κ3) is 8.81. The van der Waals surface area contributed by atoms with Crippen LogP contribution >= 0.6 is 11.3 Å². The number of carbonyl (C=O) groups excluding carboxylic acids is 2. The summed E-state index contributed by atoms with van der Waals surface area (Å²) < 4.78 is 19.5. The molecule has 294 valence electrons. The molecular formula is C42H49N7O6S. The Labute approximate surface area is 331 Å². The minimum Gasteiger partial charge on any atom is -0.496 e. The van der Waals surface area contributed by atoms with E-state index in [0.717, 1.165) is 76.8 Å². The number of methoxy groups -OCH3 is 2. The molecule has 0 saturated carbocycles. The molecule has 1 N–H and O–H groups in total. The molecule has 1 fully saturated rings. The number of hydrogen-bond acceptors (Lipinski definition) is 11. The number of aromatic nitrogens is 2. The third-order valence-electron chi connectivity index (χ3n) is 10.8. The van der Waals surface area contributed by atoms with Crippen molar-refractivity contribution in [2.75, 3.05) is 66.6 Å². The predicted molar refractivity (Wildman–Crippen MR) is 216 cm³/mol. The zero-order valence-corrected chi connectivity index (χ0v) is 33.7. The highest BCUT2D eigenvalue weighted by molar-refractivity contribution is 7.10. The number of hydrogen-bond donors (Lipinski definition) is 1. The topological polar surface area (TPSA) is 142 Å². The largest absolute Gasteiger partial charge is 0.496 e. The lowest BCUT2D eigenvalue weighted by atomic mass is 9.92. The summed E-state index contributed by atoms with van der Waals surface area (Å²) in [6.07, 6.45) is 5.64. The van der Waals surface area contributed by atoms with Gasteiger partial charge < -0.3 is 29.0 Å². The van der Waals surface area contributed by atoms with Gasteiger partial charge in [-0.25, -0.2) is 4.98 Å². The molecule has 0 radical (unpaired) electrons. The maximum atomic E-state index is 13.3. The molecule has 4 heterocycles. The van der Waals surface area contributed by atoms with Crippen LogP contribution in [0.15, 0.2) is 58.5 Å². The minimum absolute atomic E-state index is 0.0109. The summed E-state index contributed by atoms with van der Waals surface area (Å²) in [5.41, 5.74) is 6.55. The van der Waals surface area contributed by atoms with E-state index in [1.54, 1.807) is 48.4 Å².